The quantitative estimate of drug-likeness (QED) is 0.373. The van der Waals surface area contributed by atoms with Gasteiger partial charge in [0.05, 0.1) is 16.8 Å². The molecule has 1 aliphatic carbocycles. The van der Waals surface area contributed by atoms with E-state index in [1.807, 2.05) is 12.3 Å². The molecule has 152 valence electrons. The number of carbonyl (C=O) groups is 1. The fourth-order valence-electron chi connectivity index (χ4n) is 2.95. The van der Waals surface area contributed by atoms with Crippen LogP contribution in [0.15, 0.2) is 41.4 Å². The Labute approximate surface area is 167 Å². The lowest BCUT2D eigenvalue weighted by molar-refractivity contribution is -0.116. The molecule has 0 bridgehead atoms. The standard InChI is InChI=1S/C18H21N7O3S/c19-15(26)10-21-29(27,28)13-6-4-12(5-7-13)23-18-24-16-14(8-9-20-16)17(25-18)22-11-2-1-3-11/h4-9,11,21H,1-3,10H2,(H2,19,26)(H3,20,22,23,24,25). The number of sulfonamides is 1. The van der Waals surface area contributed by atoms with E-state index < -0.39 is 22.5 Å². The number of H-pyrrole nitrogens is 1. The first-order valence-electron chi connectivity index (χ1n) is 9.17. The number of rotatable bonds is 8. The minimum Gasteiger partial charge on any atom is -0.369 e. The molecule has 11 heteroatoms. The van der Waals surface area contributed by atoms with Crippen molar-refractivity contribution in [2.75, 3.05) is 17.2 Å². The number of nitrogens with zero attached hydrogens (tertiary/aromatic N) is 2. The number of primary amides is 1. The Balaban J connectivity index is 1.53. The van der Waals surface area contributed by atoms with Gasteiger partial charge in [0.25, 0.3) is 0 Å². The highest BCUT2D eigenvalue weighted by atomic mass is 32.2. The summed E-state index contributed by atoms with van der Waals surface area (Å²) in [6.45, 7) is -0.455. The van der Waals surface area contributed by atoms with Gasteiger partial charge in [-0.1, -0.05) is 0 Å². The normalized spacial score (nSPS) is 14.5. The van der Waals surface area contributed by atoms with Crippen LogP contribution >= 0.6 is 0 Å². The zero-order valence-electron chi connectivity index (χ0n) is 15.5. The predicted molar refractivity (Wildman–Crippen MR) is 109 cm³/mol. The van der Waals surface area contributed by atoms with E-state index in [0.29, 0.717) is 23.3 Å². The average Bonchev–Trinajstić information content (AvgIpc) is 3.12. The molecule has 6 N–H and O–H groups in total. The van der Waals surface area contributed by atoms with Gasteiger partial charge in [-0.05, 0) is 49.6 Å². The van der Waals surface area contributed by atoms with Gasteiger partial charge >= 0.3 is 0 Å². The first-order chi connectivity index (χ1) is 13.9. The van der Waals surface area contributed by atoms with Crippen LogP contribution in [0.1, 0.15) is 19.3 Å². The van der Waals surface area contributed by atoms with E-state index in [1.165, 1.54) is 18.6 Å². The van der Waals surface area contributed by atoms with Crippen LogP contribution in [0.4, 0.5) is 17.5 Å². The smallest absolute Gasteiger partial charge is 0.241 e. The van der Waals surface area contributed by atoms with Gasteiger partial charge < -0.3 is 21.4 Å². The summed E-state index contributed by atoms with van der Waals surface area (Å²) in [4.78, 5) is 22.9. The minimum atomic E-state index is -3.81. The van der Waals surface area contributed by atoms with Crippen LogP contribution in [0.3, 0.4) is 0 Å². The van der Waals surface area contributed by atoms with E-state index in [-0.39, 0.29) is 4.90 Å². The van der Waals surface area contributed by atoms with Crippen molar-refractivity contribution in [3.8, 4) is 0 Å². The maximum Gasteiger partial charge on any atom is 0.241 e. The Hall–Kier alpha value is -3.18. The molecule has 0 aliphatic heterocycles. The number of fused-ring (bicyclic) bond motifs is 1. The molecule has 0 spiro atoms. The first kappa shape index (κ1) is 19.2. The Morgan fingerprint density at radius 3 is 2.59 bits per heavy atom. The van der Waals surface area contributed by atoms with E-state index in [9.17, 15) is 13.2 Å². The number of anilines is 3. The monoisotopic (exact) mass is 415 g/mol. The van der Waals surface area contributed by atoms with Gasteiger partial charge in [-0.15, -0.1) is 0 Å². The molecular weight excluding hydrogens is 394 g/mol. The minimum absolute atomic E-state index is 0.0253. The molecule has 1 aromatic carbocycles. The maximum absolute atomic E-state index is 12.1. The third kappa shape index (κ3) is 4.30. The molecule has 1 saturated carbocycles. The van der Waals surface area contributed by atoms with E-state index in [2.05, 4.69) is 30.3 Å². The summed E-state index contributed by atoms with van der Waals surface area (Å²) in [7, 11) is -3.81. The zero-order chi connectivity index (χ0) is 20.4. The lowest BCUT2D eigenvalue weighted by Gasteiger charge is -2.27. The van der Waals surface area contributed by atoms with Crippen molar-refractivity contribution < 1.29 is 13.2 Å². The first-order valence-corrected chi connectivity index (χ1v) is 10.7. The number of amides is 1. The van der Waals surface area contributed by atoms with Crippen LogP contribution in [0.5, 0.6) is 0 Å². The Kier molecular flexibility index (Phi) is 5.07. The zero-order valence-corrected chi connectivity index (χ0v) is 16.3. The highest BCUT2D eigenvalue weighted by molar-refractivity contribution is 7.89. The Bertz CT molecular complexity index is 1140. The lowest BCUT2D eigenvalue weighted by Crippen LogP contribution is -2.33. The molecule has 1 amide bonds. The highest BCUT2D eigenvalue weighted by Gasteiger charge is 2.20. The number of hydrogen-bond donors (Lipinski definition) is 5. The van der Waals surface area contributed by atoms with Gasteiger partial charge in [-0.3, -0.25) is 4.79 Å². The van der Waals surface area contributed by atoms with Crippen LogP contribution in [0.2, 0.25) is 0 Å². The van der Waals surface area contributed by atoms with Crippen LogP contribution in [-0.2, 0) is 14.8 Å². The van der Waals surface area contributed by atoms with Crippen LogP contribution in [0, 0.1) is 0 Å². The summed E-state index contributed by atoms with van der Waals surface area (Å²) in [5.41, 5.74) is 6.31. The molecule has 2 heterocycles. The summed E-state index contributed by atoms with van der Waals surface area (Å²) < 4.78 is 26.4. The molecular formula is C18H21N7O3S. The summed E-state index contributed by atoms with van der Waals surface area (Å²) >= 11 is 0. The largest absolute Gasteiger partial charge is 0.369 e. The molecule has 29 heavy (non-hydrogen) atoms. The second-order valence-electron chi connectivity index (χ2n) is 6.85. The predicted octanol–water partition coefficient (Wildman–Crippen LogP) is 1.43. The number of aromatic amines is 1. The summed E-state index contributed by atoms with van der Waals surface area (Å²) in [6.07, 6.45) is 5.28. The second kappa shape index (κ2) is 7.68. The van der Waals surface area contributed by atoms with Crippen molar-refractivity contribution >= 4 is 44.4 Å². The van der Waals surface area contributed by atoms with Gasteiger partial charge in [-0.2, -0.15) is 9.97 Å². The van der Waals surface area contributed by atoms with Crippen molar-refractivity contribution in [1.29, 1.82) is 0 Å². The number of nitrogens with one attached hydrogen (secondary N) is 4. The van der Waals surface area contributed by atoms with Crippen molar-refractivity contribution in [3.05, 3.63) is 36.5 Å². The molecule has 3 aromatic rings. The molecule has 1 fully saturated rings. The molecule has 1 aliphatic rings. The topological polar surface area (TPSA) is 155 Å². The van der Waals surface area contributed by atoms with Crippen molar-refractivity contribution in [1.82, 2.24) is 19.7 Å². The molecule has 4 rings (SSSR count). The number of aromatic nitrogens is 3. The summed E-state index contributed by atoms with van der Waals surface area (Å²) in [6, 6.07) is 8.39. The fraction of sp³-hybridized carbons (Fsp3) is 0.278. The summed E-state index contributed by atoms with van der Waals surface area (Å²) in [5.74, 6) is 0.401. The molecule has 0 atom stereocenters. The third-order valence-corrected chi connectivity index (χ3v) is 6.14. The van der Waals surface area contributed by atoms with Crippen molar-refractivity contribution in [2.45, 2.75) is 30.2 Å². The van der Waals surface area contributed by atoms with E-state index in [0.717, 1.165) is 24.0 Å². The number of benzene rings is 1. The maximum atomic E-state index is 12.1. The van der Waals surface area contributed by atoms with Crippen LogP contribution in [-0.4, -0.2) is 41.9 Å². The van der Waals surface area contributed by atoms with Crippen LogP contribution in [0.25, 0.3) is 11.0 Å². The Morgan fingerprint density at radius 1 is 1.17 bits per heavy atom. The second-order valence-corrected chi connectivity index (χ2v) is 8.62. The molecule has 0 radical (unpaired) electrons. The van der Waals surface area contributed by atoms with Gasteiger partial charge in [-0.25, -0.2) is 13.1 Å². The van der Waals surface area contributed by atoms with E-state index in [4.69, 9.17) is 5.73 Å². The number of carbonyl (C=O) groups excluding carboxylic acids is 1. The highest BCUT2D eigenvalue weighted by Crippen LogP contribution is 2.28. The molecule has 0 unspecified atom stereocenters. The van der Waals surface area contributed by atoms with Gasteiger partial charge in [0.1, 0.15) is 11.5 Å². The fourth-order valence-corrected chi connectivity index (χ4v) is 3.94. The van der Waals surface area contributed by atoms with Gasteiger partial charge in [0, 0.05) is 17.9 Å². The SMILES string of the molecule is NC(=O)CNS(=O)(=O)c1ccc(Nc2nc(NC3CCC3)c3cc[nH]c3n2)cc1. The lowest BCUT2D eigenvalue weighted by atomic mass is 9.93. The molecule has 10 nitrogen and oxygen atoms in total. The number of hydrogen-bond acceptors (Lipinski definition) is 7. The van der Waals surface area contributed by atoms with Crippen molar-refractivity contribution in [2.24, 2.45) is 5.73 Å². The average molecular weight is 415 g/mol. The Morgan fingerprint density at radius 2 is 1.93 bits per heavy atom. The van der Waals surface area contributed by atoms with Crippen molar-refractivity contribution in [3.63, 3.8) is 0 Å². The molecule has 2 aromatic heterocycles. The molecule has 0 saturated heterocycles. The van der Waals surface area contributed by atoms with Crippen LogP contribution < -0.4 is 21.1 Å². The summed E-state index contributed by atoms with van der Waals surface area (Å²) in [5, 5.41) is 7.46. The third-order valence-electron chi connectivity index (χ3n) is 4.72. The van der Waals surface area contributed by atoms with E-state index >= 15 is 0 Å². The van der Waals surface area contributed by atoms with E-state index in [1.54, 1.807) is 12.1 Å². The van der Waals surface area contributed by atoms with Gasteiger partial charge in [0.2, 0.25) is 21.9 Å². The van der Waals surface area contributed by atoms with Gasteiger partial charge in [0.15, 0.2) is 0 Å². The number of nitrogens with two attached hydrogens (primary N) is 1.